The van der Waals surface area contributed by atoms with Gasteiger partial charge >= 0.3 is 0 Å². The summed E-state index contributed by atoms with van der Waals surface area (Å²) in [4.78, 5) is 16.4. The number of oxazole rings is 1. The number of rotatable bonds is 5. The van der Waals surface area contributed by atoms with E-state index < -0.39 is 0 Å². The monoisotopic (exact) mass is 418 g/mol. The topological polar surface area (TPSA) is 55.1 Å². The average molecular weight is 420 g/mol. The molecule has 1 heterocycles. The van der Waals surface area contributed by atoms with Crippen molar-refractivity contribution in [1.29, 1.82) is 0 Å². The van der Waals surface area contributed by atoms with Crippen molar-refractivity contribution in [1.82, 2.24) is 4.98 Å². The van der Waals surface area contributed by atoms with Crippen LogP contribution in [-0.4, -0.2) is 10.9 Å². The minimum absolute atomic E-state index is 0.104. The predicted molar refractivity (Wildman–Crippen MR) is 103 cm³/mol. The SMILES string of the molecule is Cc1ccc(Cl)cc1NC(=O)CCc1ncc(-c2cccc(Br)c2)o1. The number of carbonyl (C=O) groups is 1. The van der Waals surface area contributed by atoms with Gasteiger partial charge in [-0.15, -0.1) is 0 Å². The molecule has 0 atom stereocenters. The first-order valence-corrected chi connectivity index (χ1v) is 8.95. The van der Waals surface area contributed by atoms with Gasteiger partial charge in [0.05, 0.1) is 6.20 Å². The van der Waals surface area contributed by atoms with Gasteiger partial charge in [-0.3, -0.25) is 4.79 Å². The third-order valence-corrected chi connectivity index (χ3v) is 4.43. The lowest BCUT2D eigenvalue weighted by molar-refractivity contribution is -0.116. The molecule has 2 aromatic carbocycles. The Balaban J connectivity index is 1.60. The van der Waals surface area contributed by atoms with Crippen LogP contribution < -0.4 is 5.32 Å². The Kier molecular flexibility index (Phi) is 5.56. The van der Waals surface area contributed by atoms with Crippen molar-refractivity contribution in [3.05, 3.63) is 69.6 Å². The van der Waals surface area contributed by atoms with Crippen LogP contribution in [0.5, 0.6) is 0 Å². The third kappa shape index (κ3) is 4.71. The maximum atomic E-state index is 12.1. The van der Waals surface area contributed by atoms with E-state index in [-0.39, 0.29) is 12.3 Å². The number of anilines is 1. The number of nitrogens with zero attached hydrogens (tertiary/aromatic N) is 1. The quantitative estimate of drug-likeness (QED) is 0.582. The molecule has 0 saturated heterocycles. The first-order chi connectivity index (χ1) is 12.0. The molecule has 1 aromatic heterocycles. The van der Waals surface area contributed by atoms with Crippen LogP contribution in [0.1, 0.15) is 17.9 Å². The fourth-order valence-electron chi connectivity index (χ4n) is 2.36. The maximum absolute atomic E-state index is 12.1. The highest BCUT2D eigenvalue weighted by Crippen LogP contribution is 2.24. The number of carbonyl (C=O) groups excluding carboxylic acids is 1. The van der Waals surface area contributed by atoms with Gasteiger partial charge in [0.1, 0.15) is 0 Å². The molecule has 25 heavy (non-hydrogen) atoms. The van der Waals surface area contributed by atoms with Crippen molar-refractivity contribution < 1.29 is 9.21 Å². The molecule has 0 radical (unpaired) electrons. The number of amides is 1. The summed E-state index contributed by atoms with van der Waals surface area (Å²) in [5, 5.41) is 3.46. The second-order valence-corrected chi connectivity index (χ2v) is 6.99. The van der Waals surface area contributed by atoms with E-state index >= 15 is 0 Å². The first kappa shape index (κ1) is 17.7. The molecule has 0 spiro atoms. The van der Waals surface area contributed by atoms with Gasteiger partial charge in [-0.25, -0.2) is 4.98 Å². The molecule has 128 valence electrons. The van der Waals surface area contributed by atoms with Gasteiger partial charge in [0.15, 0.2) is 11.7 Å². The van der Waals surface area contributed by atoms with Crippen molar-refractivity contribution in [2.24, 2.45) is 0 Å². The van der Waals surface area contributed by atoms with E-state index in [9.17, 15) is 4.79 Å². The molecule has 0 bridgehead atoms. The summed E-state index contributed by atoms with van der Waals surface area (Å²) in [6.45, 7) is 1.92. The second kappa shape index (κ2) is 7.85. The van der Waals surface area contributed by atoms with Gasteiger partial charge in [-0.1, -0.05) is 45.7 Å². The number of benzene rings is 2. The molecule has 0 fully saturated rings. The number of halogens is 2. The zero-order chi connectivity index (χ0) is 17.8. The lowest BCUT2D eigenvalue weighted by Gasteiger charge is -2.08. The number of aryl methyl sites for hydroxylation is 2. The van der Waals surface area contributed by atoms with E-state index in [2.05, 4.69) is 26.2 Å². The van der Waals surface area contributed by atoms with Gasteiger partial charge in [-0.05, 0) is 36.8 Å². The van der Waals surface area contributed by atoms with Crippen LogP contribution in [0.15, 0.2) is 57.6 Å². The summed E-state index contributed by atoms with van der Waals surface area (Å²) in [7, 11) is 0. The number of hydrogen-bond donors (Lipinski definition) is 1. The molecule has 0 aliphatic carbocycles. The molecular formula is C19H16BrClN2O2. The largest absolute Gasteiger partial charge is 0.441 e. The van der Waals surface area contributed by atoms with E-state index in [1.807, 2.05) is 37.3 Å². The first-order valence-electron chi connectivity index (χ1n) is 7.78. The van der Waals surface area contributed by atoms with Crippen LogP contribution >= 0.6 is 27.5 Å². The molecular weight excluding hydrogens is 404 g/mol. The summed E-state index contributed by atoms with van der Waals surface area (Å²) in [6, 6.07) is 13.2. The molecule has 0 aliphatic rings. The zero-order valence-electron chi connectivity index (χ0n) is 13.6. The van der Waals surface area contributed by atoms with E-state index in [0.29, 0.717) is 23.1 Å². The molecule has 6 heteroatoms. The lowest BCUT2D eigenvalue weighted by atomic mass is 10.2. The van der Waals surface area contributed by atoms with Gasteiger partial charge in [0, 0.05) is 33.6 Å². The van der Waals surface area contributed by atoms with E-state index in [1.165, 1.54) is 0 Å². The summed E-state index contributed by atoms with van der Waals surface area (Å²) >= 11 is 9.40. The van der Waals surface area contributed by atoms with Crippen LogP contribution in [0.2, 0.25) is 5.02 Å². The van der Waals surface area contributed by atoms with Crippen LogP contribution in [-0.2, 0) is 11.2 Å². The molecule has 3 rings (SSSR count). The van der Waals surface area contributed by atoms with Crippen molar-refractivity contribution in [3.63, 3.8) is 0 Å². The van der Waals surface area contributed by atoms with Gasteiger partial charge in [0.25, 0.3) is 0 Å². The highest BCUT2D eigenvalue weighted by atomic mass is 79.9. The fourth-order valence-corrected chi connectivity index (χ4v) is 2.93. The Morgan fingerprint density at radius 2 is 2.12 bits per heavy atom. The van der Waals surface area contributed by atoms with E-state index in [0.717, 1.165) is 21.3 Å². The molecule has 4 nitrogen and oxygen atoms in total. The smallest absolute Gasteiger partial charge is 0.224 e. The number of nitrogens with one attached hydrogen (secondary N) is 1. The Bertz CT molecular complexity index is 908. The van der Waals surface area contributed by atoms with Crippen molar-refractivity contribution in [2.75, 3.05) is 5.32 Å². The summed E-state index contributed by atoms with van der Waals surface area (Å²) in [6.07, 6.45) is 2.39. The Morgan fingerprint density at radius 3 is 2.92 bits per heavy atom. The Labute approximate surface area is 159 Å². The molecule has 0 saturated carbocycles. The van der Waals surface area contributed by atoms with E-state index in [1.54, 1.807) is 18.3 Å². The minimum atomic E-state index is -0.104. The average Bonchev–Trinajstić information content (AvgIpc) is 3.05. The Hall–Kier alpha value is -2.11. The van der Waals surface area contributed by atoms with Gasteiger partial charge < -0.3 is 9.73 Å². The molecule has 0 aliphatic heterocycles. The third-order valence-electron chi connectivity index (χ3n) is 3.70. The standard InChI is InChI=1S/C19H16BrClN2O2/c1-12-5-6-15(21)10-16(12)23-18(24)7-8-19-22-11-17(25-19)13-3-2-4-14(20)9-13/h2-6,9-11H,7-8H2,1H3,(H,23,24). The predicted octanol–water partition coefficient (Wildman–Crippen LogP) is 5.64. The minimum Gasteiger partial charge on any atom is -0.441 e. The second-order valence-electron chi connectivity index (χ2n) is 5.64. The Morgan fingerprint density at radius 1 is 1.28 bits per heavy atom. The van der Waals surface area contributed by atoms with Gasteiger partial charge in [-0.2, -0.15) is 0 Å². The molecule has 1 amide bonds. The van der Waals surface area contributed by atoms with Crippen molar-refractivity contribution >= 4 is 39.1 Å². The van der Waals surface area contributed by atoms with Crippen LogP contribution in [0.3, 0.4) is 0 Å². The summed E-state index contributed by atoms with van der Waals surface area (Å²) < 4.78 is 6.71. The zero-order valence-corrected chi connectivity index (χ0v) is 15.9. The summed E-state index contributed by atoms with van der Waals surface area (Å²) in [5.74, 6) is 1.11. The maximum Gasteiger partial charge on any atom is 0.224 e. The van der Waals surface area contributed by atoms with E-state index in [4.69, 9.17) is 16.0 Å². The number of aromatic nitrogens is 1. The fraction of sp³-hybridized carbons (Fsp3) is 0.158. The van der Waals surface area contributed by atoms with Crippen LogP contribution in [0.4, 0.5) is 5.69 Å². The molecule has 1 N–H and O–H groups in total. The highest BCUT2D eigenvalue weighted by molar-refractivity contribution is 9.10. The molecule has 3 aromatic rings. The summed E-state index contributed by atoms with van der Waals surface area (Å²) in [5.41, 5.74) is 2.62. The number of hydrogen-bond acceptors (Lipinski definition) is 3. The van der Waals surface area contributed by atoms with Crippen molar-refractivity contribution in [2.45, 2.75) is 19.8 Å². The highest BCUT2D eigenvalue weighted by Gasteiger charge is 2.10. The van der Waals surface area contributed by atoms with Crippen LogP contribution in [0.25, 0.3) is 11.3 Å². The normalized spacial score (nSPS) is 10.7. The molecule has 0 unspecified atom stereocenters. The van der Waals surface area contributed by atoms with Crippen LogP contribution in [0, 0.1) is 6.92 Å². The van der Waals surface area contributed by atoms with Crippen molar-refractivity contribution in [3.8, 4) is 11.3 Å². The van der Waals surface area contributed by atoms with Gasteiger partial charge in [0.2, 0.25) is 5.91 Å². The lowest BCUT2D eigenvalue weighted by Crippen LogP contribution is -2.13.